The van der Waals surface area contributed by atoms with Crippen molar-refractivity contribution in [2.75, 3.05) is 36.4 Å². The number of aliphatic hydroxyl groups excluding tert-OH is 1. The number of ether oxygens (including phenoxy) is 1. The number of rotatable bonds is 7. The van der Waals surface area contributed by atoms with Crippen molar-refractivity contribution in [3.05, 3.63) is 78.6 Å². The van der Waals surface area contributed by atoms with Gasteiger partial charge in [0.25, 0.3) is 0 Å². The summed E-state index contributed by atoms with van der Waals surface area (Å²) in [4.78, 5) is 29.8. The number of anilines is 2. The summed E-state index contributed by atoms with van der Waals surface area (Å²) in [6, 6.07) is 20.6. The molecule has 2 aromatic carbocycles. The Bertz CT molecular complexity index is 1670. The zero-order valence-corrected chi connectivity index (χ0v) is 30.5. The molecule has 0 radical (unpaired) electrons. The molecule has 4 aromatic rings. The molecule has 0 fully saturated rings. The zero-order valence-electron chi connectivity index (χ0n) is 29.7. The van der Waals surface area contributed by atoms with Gasteiger partial charge in [-0.15, -0.1) is 0 Å². The van der Waals surface area contributed by atoms with Gasteiger partial charge in [0, 0.05) is 42.4 Å². The van der Waals surface area contributed by atoms with Crippen LogP contribution in [0.25, 0.3) is 22.5 Å². The number of carboxylic acid groups (broad SMARTS) is 1. The van der Waals surface area contributed by atoms with Crippen LogP contribution in [0.15, 0.2) is 78.0 Å². The second-order valence-electron chi connectivity index (χ2n) is 14.1. The summed E-state index contributed by atoms with van der Waals surface area (Å²) >= 11 is 1.44. The Balaban J connectivity index is 0.00000265. The highest BCUT2D eigenvalue weighted by atomic mass is 32.2. The Kier molecular flexibility index (Phi) is 13.4. The number of aromatic nitrogens is 3. The number of nitrogens with one attached hydrogen (secondary N) is 1. The first-order valence-corrected chi connectivity index (χ1v) is 17.8. The number of carbonyl (C=O) groups is 1. The van der Waals surface area contributed by atoms with E-state index >= 15 is 0 Å². The summed E-state index contributed by atoms with van der Waals surface area (Å²) in [7, 11) is 1.00. The molecule has 0 aliphatic carbocycles. The molecule has 0 amide bonds. The predicted molar refractivity (Wildman–Crippen MR) is 200 cm³/mol. The second-order valence-corrected chi connectivity index (χ2v) is 15.0. The summed E-state index contributed by atoms with van der Waals surface area (Å²) in [6.45, 7) is 12.0. The lowest BCUT2D eigenvalue weighted by atomic mass is 9.93. The van der Waals surface area contributed by atoms with Crippen molar-refractivity contribution >= 4 is 29.6 Å². The van der Waals surface area contributed by atoms with Gasteiger partial charge in [-0.05, 0) is 86.7 Å². The SMILES string of the molecule is CC(C)(C)CCOc1cccc(-c2ncc3nc2-c2ccccc2CCCCCCN(CC(C)(C)C(=O)O)c2cc(ccn2)SN3)c1.CO. The smallest absolute Gasteiger partial charge is 0.310 e. The van der Waals surface area contributed by atoms with Crippen molar-refractivity contribution in [3.63, 3.8) is 0 Å². The van der Waals surface area contributed by atoms with Crippen molar-refractivity contribution in [1.29, 1.82) is 0 Å². The number of benzene rings is 2. The fraction of sp³-hybridized carbons (Fsp3) is 0.436. The standard InChI is InChI=1S/C38H47N5O3S.CH4O/c1-37(2,3)19-22-46-29-16-12-15-28(23-29)34-35-31-17-10-9-14-27(31)13-8-6-7-11-21-43(26-38(4,5)36(44)45)33-24-30(18-20-39-33)47-42-32(41-35)25-40-34;1-2/h9-10,12,14-18,20,23-25H,6-8,11,13,19,21-22,26H2,1-5H3,(H,41,42)(H,44,45);2H,1H3. The molecule has 4 bridgehead atoms. The van der Waals surface area contributed by atoms with E-state index < -0.39 is 11.4 Å². The molecule has 10 heteroatoms. The molecule has 49 heavy (non-hydrogen) atoms. The normalized spacial score (nSPS) is 14.0. The average molecular weight is 686 g/mol. The van der Waals surface area contributed by atoms with Crippen LogP contribution in [-0.2, 0) is 11.2 Å². The van der Waals surface area contributed by atoms with Crippen LogP contribution in [0.4, 0.5) is 11.6 Å². The van der Waals surface area contributed by atoms with Gasteiger partial charge < -0.3 is 24.6 Å². The van der Waals surface area contributed by atoms with Crippen LogP contribution in [0.3, 0.4) is 0 Å². The molecule has 0 saturated carbocycles. The maximum atomic E-state index is 12.0. The fourth-order valence-electron chi connectivity index (χ4n) is 5.55. The number of aryl methyl sites for hydroxylation is 1. The van der Waals surface area contributed by atoms with Crippen molar-refractivity contribution in [2.45, 2.75) is 78.0 Å². The molecule has 3 heterocycles. The highest BCUT2D eigenvalue weighted by Gasteiger charge is 2.30. The third-order valence-corrected chi connectivity index (χ3v) is 9.18. The summed E-state index contributed by atoms with van der Waals surface area (Å²) < 4.78 is 9.57. The molecule has 0 atom stereocenters. The number of fused-ring (bicyclic) bond motifs is 6. The summed E-state index contributed by atoms with van der Waals surface area (Å²) in [6.07, 6.45) is 9.56. The highest BCUT2D eigenvalue weighted by Crippen LogP contribution is 2.35. The number of aliphatic hydroxyl groups is 1. The predicted octanol–water partition coefficient (Wildman–Crippen LogP) is 8.78. The Morgan fingerprint density at radius 1 is 0.939 bits per heavy atom. The largest absolute Gasteiger partial charge is 0.494 e. The number of pyridine rings is 1. The lowest BCUT2D eigenvalue weighted by molar-refractivity contribution is -0.146. The first kappa shape index (κ1) is 37.7. The van der Waals surface area contributed by atoms with Crippen LogP contribution in [0, 0.1) is 10.8 Å². The second kappa shape index (κ2) is 17.5. The average Bonchev–Trinajstić information content (AvgIpc) is 3.08. The van der Waals surface area contributed by atoms with E-state index in [9.17, 15) is 9.90 Å². The van der Waals surface area contributed by atoms with Gasteiger partial charge in [-0.2, -0.15) is 0 Å². The monoisotopic (exact) mass is 685 g/mol. The quantitative estimate of drug-likeness (QED) is 0.163. The van der Waals surface area contributed by atoms with Crippen molar-refractivity contribution in [3.8, 4) is 28.3 Å². The van der Waals surface area contributed by atoms with Gasteiger partial charge in [0.2, 0.25) is 0 Å². The van der Waals surface area contributed by atoms with E-state index in [-0.39, 0.29) is 5.41 Å². The van der Waals surface area contributed by atoms with Gasteiger partial charge in [0.05, 0.1) is 29.6 Å². The highest BCUT2D eigenvalue weighted by molar-refractivity contribution is 8.00. The van der Waals surface area contributed by atoms with Crippen LogP contribution >= 0.6 is 11.9 Å². The van der Waals surface area contributed by atoms with Crippen molar-refractivity contribution in [1.82, 2.24) is 15.0 Å². The van der Waals surface area contributed by atoms with Gasteiger partial charge in [-0.3, -0.25) is 9.78 Å². The van der Waals surface area contributed by atoms with Crippen LogP contribution in [0.1, 0.15) is 72.3 Å². The molecule has 5 rings (SSSR count). The first-order valence-electron chi connectivity index (χ1n) is 17.0. The van der Waals surface area contributed by atoms with E-state index in [4.69, 9.17) is 19.8 Å². The fourth-order valence-corrected chi connectivity index (χ4v) is 6.17. The van der Waals surface area contributed by atoms with Crippen molar-refractivity contribution in [2.24, 2.45) is 10.8 Å². The Hall–Kier alpha value is -4.15. The van der Waals surface area contributed by atoms with Crippen LogP contribution < -0.4 is 14.4 Å². The minimum Gasteiger partial charge on any atom is -0.494 e. The van der Waals surface area contributed by atoms with Gasteiger partial charge in [-0.25, -0.2) is 9.97 Å². The molecule has 262 valence electrons. The summed E-state index contributed by atoms with van der Waals surface area (Å²) in [5.74, 6) is 1.43. The van der Waals surface area contributed by atoms with Crippen LogP contribution in [-0.4, -0.2) is 57.9 Å². The molecular formula is C39H51N5O4S. The van der Waals surface area contributed by atoms with E-state index in [1.54, 1.807) is 26.2 Å². The van der Waals surface area contributed by atoms with Gasteiger partial charge in [0.1, 0.15) is 11.6 Å². The van der Waals surface area contributed by atoms with Crippen LogP contribution in [0.2, 0.25) is 0 Å². The molecule has 0 unspecified atom stereocenters. The Morgan fingerprint density at radius 2 is 1.71 bits per heavy atom. The Morgan fingerprint density at radius 3 is 2.49 bits per heavy atom. The number of carboxylic acids is 1. The van der Waals surface area contributed by atoms with E-state index in [0.717, 1.165) is 91.2 Å². The number of aliphatic carboxylic acids is 1. The lowest BCUT2D eigenvalue weighted by Crippen LogP contribution is -2.40. The molecule has 1 aliphatic heterocycles. The summed E-state index contributed by atoms with van der Waals surface area (Å²) in [5.41, 5.74) is 4.24. The molecule has 2 aromatic heterocycles. The molecule has 1 aliphatic rings. The number of hydrogen-bond acceptors (Lipinski definition) is 9. The molecule has 3 N–H and O–H groups in total. The topological polar surface area (TPSA) is 121 Å². The maximum absolute atomic E-state index is 12.0. The van der Waals surface area contributed by atoms with E-state index in [2.05, 4.69) is 71.8 Å². The number of hydrogen-bond donors (Lipinski definition) is 3. The van der Waals surface area contributed by atoms with Gasteiger partial charge in [0.15, 0.2) is 5.82 Å². The maximum Gasteiger partial charge on any atom is 0.310 e. The molecule has 0 saturated heterocycles. The van der Waals surface area contributed by atoms with Crippen molar-refractivity contribution < 1.29 is 19.7 Å². The zero-order chi connectivity index (χ0) is 35.4. The Labute approximate surface area is 295 Å². The van der Waals surface area contributed by atoms with Crippen LogP contribution in [0.5, 0.6) is 5.75 Å². The first-order chi connectivity index (χ1) is 23.5. The third kappa shape index (κ3) is 10.9. The molecular weight excluding hydrogens is 635 g/mol. The van der Waals surface area contributed by atoms with E-state index in [1.165, 1.54) is 17.5 Å². The van der Waals surface area contributed by atoms with Gasteiger partial charge in [-0.1, -0.05) is 70.0 Å². The third-order valence-electron chi connectivity index (χ3n) is 8.38. The minimum atomic E-state index is -0.905. The molecule has 9 nitrogen and oxygen atoms in total. The minimum absolute atomic E-state index is 0.201. The summed E-state index contributed by atoms with van der Waals surface area (Å²) in [5, 5.41) is 16.8. The van der Waals surface area contributed by atoms with Gasteiger partial charge >= 0.3 is 5.97 Å². The number of nitrogens with zero attached hydrogens (tertiary/aromatic N) is 4. The van der Waals surface area contributed by atoms with E-state index in [1.807, 2.05) is 24.3 Å². The van der Waals surface area contributed by atoms with E-state index in [0.29, 0.717) is 19.0 Å². The molecule has 0 spiro atoms. The lowest BCUT2D eigenvalue weighted by Gasteiger charge is -2.31.